The molecule has 0 saturated heterocycles. The summed E-state index contributed by atoms with van der Waals surface area (Å²) in [5.74, 6) is -2.28. The van der Waals surface area contributed by atoms with Gasteiger partial charge in [0.1, 0.15) is 0 Å². The monoisotopic (exact) mass is 366 g/mol. The van der Waals surface area contributed by atoms with E-state index in [1.807, 2.05) is 0 Å². The van der Waals surface area contributed by atoms with Crippen LogP contribution in [0.15, 0.2) is 36.4 Å². The van der Waals surface area contributed by atoms with E-state index < -0.39 is 29.5 Å². The molecular weight excluding hydrogens is 345 g/mol. The van der Waals surface area contributed by atoms with Gasteiger partial charge in [0.05, 0.1) is 12.1 Å². The number of halogens is 3. The molecule has 1 atom stereocenters. The number of carbonyl (C=O) groups is 1. The van der Waals surface area contributed by atoms with Gasteiger partial charge < -0.3 is 15.4 Å². The SMILES string of the molecule is CC(C)Oc1ccc(CNC(=O)NC(C)c2ccc(F)c(F)c2)cc1F. The third-order valence-electron chi connectivity index (χ3n) is 3.60. The Balaban J connectivity index is 1.90. The van der Waals surface area contributed by atoms with Crippen molar-refractivity contribution in [3.63, 3.8) is 0 Å². The normalized spacial score (nSPS) is 12.0. The number of benzene rings is 2. The first-order valence-corrected chi connectivity index (χ1v) is 8.20. The second kappa shape index (κ2) is 8.60. The van der Waals surface area contributed by atoms with Gasteiger partial charge in [-0.15, -0.1) is 0 Å². The lowest BCUT2D eigenvalue weighted by Gasteiger charge is -2.16. The summed E-state index contributed by atoms with van der Waals surface area (Å²) < 4.78 is 45.4. The molecule has 0 radical (unpaired) electrons. The zero-order chi connectivity index (χ0) is 19.3. The summed E-state index contributed by atoms with van der Waals surface area (Å²) in [5.41, 5.74) is 0.995. The first-order chi connectivity index (χ1) is 12.3. The average Bonchev–Trinajstić information content (AvgIpc) is 2.57. The van der Waals surface area contributed by atoms with Crippen molar-refractivity contribution in [3.05, 3.63) is 65.0 Å². The average molecular weight is 366 g/mol. The van der Waals surface area contributed by atoms with E-state index in [-0.39, 0.29) is 18.4 Å². The highest BCUT2D eigenvalue weighted by Crippen LogP contribution is 2.20. The molecule has 0 heterocycles. The fourth-order valence-corrected chi connectivity index (χ4v) is 2.30. The number of urea groups is 1. The minimum Gasteiger partial charge on any atom is -0.488 e. The van der Waals surface area contributed by atoms with Crippen molar-refractivity contribution in [2.24, 2.45) is 0 Å². The first kappa shape index (κ1) is 19.6. The first-order valence-electron chi connectivity index (χ1n) is 8.20. The molecular formula is C19H21F3N2O2. The summed E-state index contributed by atoms with van der Waals surface area (Å²) in [6.07, 6.45) is -0.142. The molecule has 0 aliphatic carbocycles. The van der Waals surface area contributed by atoms with Gasteiger partial charge in [-0.1, -0.05) is 12.1 Å². The summed E-state index contributed by atoms with van der Waals surface area (Å²) in [5, 5.41) is 5.20. The molecule has 0 spiro atoms. The predicted octanol–water partition coefficient (Wildman–Crippen LogP) is 4.45. The zero-order valence-electron chi connectivity index (χ0n) is 14.8. The molecule has 0 saturated carbocycles. The second-order valence-corrected chi connectivity index (χ2v) is 6.15. The molecule has 0 fully saturated rings. The van der Waals surface area contributed by atoms with Gasteiger partial charge >= 0.3 is 6.03 Å². The van der Waals surface area contributed by atoms with Crippen LogP contribution in [0.25, 0.3) is 0 Å². The van der Waals surface area contributed by atoms with Crippen LogP contribution >= 0.6 is 0 Å². The van der Waals surface area contributed by atoms with Crippen molar-refractivity contribution in [2.75, 3.05) is 0 Å². The molecule has 2 amide bonds. The molecule has 2 aromatic rings. The lowest BCUT2D eigenvalue weighted by molar-refractivity contribution is 0.231. The van der Waals surface area contributed by atoms with Crippen LogP contribution in [0, 0.1) is 17.5 Å². The maximum atomic E-state index is 13.9. The van der Waals surface area contributed by atoms with Gasteiger partial charge in [0.2, 0.25) is 0 Å². The van der Waals surface area contributed by atoms with Crippen molar-refractivity contribution in [1.29, 1.82) is 0 Å². The highest BCUT2D eigenvalue weighted by molar-refractivity contribution is 5.74. The summed E-state index contributed by atoms with van der Waals surface area (Å²) in [6, 6.07) is 6.85. The Morgan fingerprint density at radius 2 is 1.73 bits per heavy atom. The minimum atomic E-state index is -0.976. The van der Waals surface area contributed by atoms with Gasteiger partial charge in [0, 0.05) is 6.54 Å². The van der Waals surface area contributed by atoms with Crippen LogP contribution in [0.3, 0.4) is 0 Å². The fourth-order valence-electron chi connectivity index (χ4n) is 2.30. The van der Waals surface area contributed by atoms with Gasteiger partial charge in [-0.3, -0.25) is 0 Å². The van der Waals surface area contributed by atoms with E-state index in [9.17, 15) is 18.0 Å². The van der Waals surface area contributed by atoms with Crippen molar-refractivity contribution in [3.8, 4) is 5.75 Å². The number of amides is 2. The Bertz CT molecular complexity index is 781. The standard InChI is InChI=1S/C19H21F3N2O2/c1-11(2)26-18-7-4-13(8-17(18)22)10-23-19(25)24-12(3)14-5-6-15(20)16(21)9-14/h4-9,11-12H,10H2,1-3H3,(H2,23,24,25). The Morgan fingerprint density at radius 1 is 1.00 bits per heavy atom. The summed E-state index contributed by atoms with van der Waals surface area (Å²) in [6.45, 7) is 5.35. The third kappa shape index (κ3) is 5.40. The number of rotatable bonds is 6. The summed E-state index contributed by atoms with van der Waals surface area (Å²) >= 11 is 0. The Labute approximate surface area is 150 Å². The van der Waals surface area contributed by atoms with Crippen LogP contribution in [-0.2, 0) is 6.54 Å². The van der Waals surface area contributed by atoms with Gasteiger partial charge in [0.15, 0.2) is 23.2 Å². The Hall–Kier alpha value is -2.70. The molecule has 0 aliphatic heterocycles. The molecule has 1 unspecified atom stereocenters. The van der Waals surface area contributed by atoms with Crippen LogP contribution in [0.4, 0.5) is 18.0 Å². The maximum absolute atomic E-state index is 13.9. The van der Waals surface area contributed by atoms with Gasteiger partial charge in [-0.25, -0.2) is 18.0 Å². The smallest absolute Gasteiger partial charge is 0.315 e. The number of nitrogens with one attached hydrogen (secondary N) is 2. The molecule has 4 nitrogen and oxygen atoms in total. The van der Waals surface area contributed by atoms with E-state index in [4.69, 9.17) is 4.74 Å². The van der Waals surface area contributed by atoms with Crippen LogP contribution in [0.2, 0.25) is 0 Å². The second-order valence-electron chi connectivity index (χ2n) is 6.15. The molecule has 2 aromatic carbocycles. The summed E-state index contributed by atoms with van der Waals surface area (Å²) in [4.78, 5) is 11.9. The van der Waals surface area contributed by atoms with Crippen molar-refractivity contribution < 1.29 is 22.7 Å². The van der Waals surface area contributed by atoms with Crippen LogP contribution in [-0.4, -0.2) is 12.1 Å². The van der Waals surface area contributed by atoms with Gasteiger partial charge in [-0.05, 0) is 56.2 Å². The Kier molecular flexibility index (Phi) is 6.49. The van der Waals surface area contributed by atoms with Crippen LogP contribution in [0.5, 0.6) is 5.75 Å². The fraction of sp³-hybridized carbons (Fsp3) is 0.316. The van der Waals surface area contributed by atoms with Crippen molar-refractivity contribution in [1.82, 2.24) is 10.6 Å². The third-order valence-corrected chi connectivity index (χ3v) is 3.60. The van der Waals surface area contributed by atoms with E-state index in [0.717, 1.165) is 12.1 Å². The minimum absolute atomic E-state index is 0.106. The molecule has 2 N–H and O–H groups in total. The topological polar surface area (TPSA) is 50.4 Å². The molecule has 7 heteroatoms. The largest absolute Gasteiger partial charge is 0.488 e. The number of ether oxygens (including phenoxy) is 1. The van der Waals surface area contributed by atoms with Crippen LogP contribution in [0.1, 0.15) is 37.9 Å². The Morgan fingerprint density at radius 3 is 2.35 bits per heavy atom. The molecule has 0 bridgehead atoms. The molecule has 140 valence electrons. The van der Waals surface area contributed by atoms with E-state index in [1.54, 1.807) is 26.8 Å². The molecule has 0 aromatic heterocycles. The van der Waals surface area contributed by atoms with Crippen molar-refractivity contribution in [2.45, 2.75) is 39.5 Å². The van der Waals surface area contributed by atoms with Gasteiger partial charge in [-0.2, -0.15) is 0 Å². The zero-order valence-corrected chi connectivity index (χ0v) is 14.8. The highest BCUT2D eigenvalue weighted by Gasteiger charge is 2.12. The van der Waals surface area contributed by atoms with E-state index in [0.29, 0.717) is 11.1 Å². The van der Waals surface area contributed by atoms with Crippen molar-refractivity contribution >= 4 is 6.03 Å². The van der Waals surface area contributed by atoms with Crippen LogP contribution < -0.4 is 15.4 Å². The number of hydrogen-bond acceptors (Lipinski definition) is 2. The summed E-state index contributed by atoms with van der Waals surface area (Å²) in [7, 11) is 0. The molecule has 2 rings (SSSR count). The lowest BCUT2D eigenvalue weighted by Crippen LogP contribution is -2.36. The maximum Gasteiger partial charge on any atom is 0.315 e. The van der Waals surface area contributed by atoms with Gasteiger partial charge in [0.25, 0.3) is 0 Å². The lowest BCUT2D eigenvalue weighted by atomic mass is 10.1. The number of carbonyl (C=O) groups excluding carboxylic acids is 1. The molecule has 0 aliphatic rings. The highest BCUT2D eigenvalue weighted by atomic mass is 19.2. The number of hydrogen-bond donors (Lipinski definition) is 2. The van der Waals surface area contributed by atoms with E-state index in [1.165, 1.54) is 18.2 Å². The quantitative estimate of drug-likeness (QED) is 0.793. The van der Waals surface area contributed by atoms with E-state index >= 15 is 0 Å². The molecule has 26 heavy (non-hydrogen) atoms. The van der Waals surface area contributed by atoms with E-state index in [2.05, 4.69) is 10.6 Å². The predicted molar refractivity (Wildman–Crippen MR) is 92.3 cm³/mol.